The number of hydrogen-bond acceptors (Lipinski definition) is 3. The summed E-state index contributed by atoms with van der Waals surface area (Å²) in [4.78, 5) is 23.7. The third kappa shape index (κ3) is 1.07. The van der Waals surface area contributed by atoms with E-state index in [9.17, 15) is 14.7 Å². The van der Waals surface area contributed by atoms with Crippen LogP contribution in [0, 0.1) is 6.92 Å². The molecule has 1 N–H and O–H groups in total. The minimum absolute atomic E-state index is 0.0270. The van der Waals surface area contributed by atoms with Crippen LogP contribution in [-0.4, -0.2) is 21.2 Å². The lowest BCUT2D eigenvalue weighted by Crippen LogP contribution is -2.23. The number of nitrogens with zero attached hydrogens (tertiary/aromatic N) is 1. The average molecular weight is 231 g/mol. The molecule has 4 nitrogen and oxygen atoms in total. The van der Waals surface area contributed by atoms with Gasteiger partial charge in [0, 0.05) is 17.8 Å². The van der Waals surface area contributed by atoms with Gasteiger partial charge in [0.1, 0.15) is 5.76 Å². The third-order valence-electron chi connectivity index (χ3n) is 3.79. The van der Waals surface area contributed by atoms with Crippen LogP contribution in [0.15, 0.2) is 5.57 Å². The van der Waals surface area contributed by atoms with Gasteiger partial charge >= 0.3 is 0 Å². The number of aliphatic hydroxyl groups excluding tert-OH is 1. The highest BCUT2D eigenvalue weighted by atomic mass is 16.3. The van der Waals surface area contributed by atoms with E-state index in [0.29, 0.717) is 11.3 Å². The molecular formula is C13H13NO3. The highest BCUT2D eigenvalue weighted by Gasteiger charge is 2.37. The maximum Gasteiger partial charge on any atom is 0.235 e. The monoisotopic (exact) mass is 231 g/mol. The summed E-state index contributed by atoms with van der Waals surface area (Å²) in [6.07, 6.45) is 1.94. The van der Waals surface area contributed by atoms with Crippen molar-refractivity contribution in [3.63, 3.8) is 0 Å². The lowest BCUT2D eigenvalue weighted by Gasteiger charge is -2.15. The number of ketones is 2. The number of carbonyl (C=O) groups is 2. The Balaban J connectivity index is 2.41. The van der Waals surface area contributed by atoms with Gasteiger partial charge in [-0.2, -0.15) is 0 Å². The fourth-order valence-corrected chi connectivity index (χ4v) is 2.86. The van der Waals surface area contributed by atoms with Crippen LogP contribution in [0.2, 0.25) is 0 Å². The van der Waals surface area contributed by atoms with Crippen molar-refractivity contribution < 1.29 is 14.7 Å². The minimum atomic E-state index is -0.581. The maximum atomic E-state index is 12.0. The van der Waals surface area contributed by atoms with Crippen LogP contribution in [0.1, 0.15) is 40.7 Å². The molecule has 2 aliphatic rings. The number of carbonyl (C=O) groups excluding carboxylic acids is 2. The van der Waals surface area contributed by atoms with Crippen LogP contribution < -0.4 is 0 Å². The van der Waals surface area contributed by atoms with Crippen molar-refractivity contribution in [3.8, 4) is 0 Å². The first-order valence-corrected chi connectivity index (χ1v) is 5.75. The van der Waals surface area contributed by atoms with E-state index in [2.05, 4.69) is 0 Å². The van der Waals surface area contributed by atoms with Crippen molar-refractivity contribution in [3.05, 3.63) is 28.1 Å². The van der Waals surface area contributed by atoms with Gasteiger partial charge < -0.3 is 9.67 Å². The van der Waals surface area contributed by atoms with E-state index in [4.69, 9.17) is 0 Å². The molecule has 1 aliphatic heterocycles. The Morgan fingerprint density at radius 3 is 2.59 bits per heavy atom. The van der Waals surface area contributed by atoms with Crippen LogP contribution in [0.25, 0.3) is 5.76 Å². The summed E-state index contributed by atoms with van der Waals surface area (Å²) in [6.45, 7) is 4.17. The van der Waals surface area contributed by atoms with Gasteiger partial charge in [-0.25, -0.2) is 0 Å². The van der Waals surface area contributed by atoms with Gasteiger partial charge in [0.2, 0.25) is 11.6 Å². The van der Waals surface area contributed by atoms with Crippen molar-refractivity contribution in [2.24, 2.45) is 0 Å². The molecule has 0 saturated heterocycles. The summed E-state index contributed by atoms with van der Waals surface area (Å²) in [7, 11) is 0. The summed E-state index contributed by atoms with van der Waals surface area (Å²) in [5.41, 5.74) is 3.06. The standard InChI is InChI=1S/C13H13NO3/c1-6-8-4-3-5-14(8)10-9(6)13(17)12(16)7(2)11(10)15/h15H,3-5H2,1-2H3. The molecule has 0 radical (unpaired) electrons. The fourth-order valence-electron chi connectivity index (χ4n) is 2.86. The van der Waals surface area contributed by atoms with Crippen LogP contribution in [0.5, 0.6) is 0 Å². The number of fused-ring (bicyclic) bond motifs is 3. The molecule has 0 amide bonds. The quantitative estimate of drug-likeness (QED) is 0.692. The number of rotatable bonds is 0. The zero-order valence-electron chi connectivity index (χ0n) is 9.83. The summed E-state index contributed by atoms with van der Waals surface area (Å²) in [5, 5.41) is 10.1. The van der Waals surface area contributed by atoms with Crippen LogP contribution >= 0.6 is 0 Å². The predicted octanol–water partition coefficient (Wildman–Crippen LogP) is 1.80. The Hall–Kier alpha value is -1.84. The van der Waals surface area contributed by atoms with Crippen LogP contribution in [-0.2, 0) is 17.8 Å². The molecule has 1 aromatic rings. The molecule has 2 heterocycles. The van der Waals surface area contributed by atoms with E-state index in [1.54, 1.807) is 0 Å². The molecule has 0 bridgehead atoms. The first kappa shape index (κ1) is 10.3. The van der Waals surface area contributed by atoms with Crippen LogP contribution in [0.3, 0.4) is 0 Å². The second kappa shape index (κ2) is 3.09. The van der Waals surface area contributed by atoms with E-state index >= 15 is 0 Å². The molecule has 3 rings (SSSR count). The number of aliphatic hydroxyl groups is 1. The SMILES string of the molecule is CC1=C(O)c2c(c(C)c3n2CCC3)C(=O)C1=O. The minimum Gasteiger partial charge on any atom is -0.505 e. The molecule has 0 unspecified atom stereocenters. The van der Waals surface area contributed by atoms with Crippen molar-refractivity contribution in [1.82, 2.24) is 4.57 Å². The Bertz CT molecular complexity index is 605. The number of allylic oxidation sites excluding steroid dienone is 1. The molecule has 0 saturated carbocycles. The molecule has 17 heavy (non-hydrogen) atoms. The average Bonchev–Trinajstić information content (AvgIpc) is 2.86. The Labute approximate surface area is 98.6 Å². The zero-order chi connectivity index (χ0) is 12.3. The highest BCUT2D eigenvalue weighted by molar-refractivity contribution is 6.52. The molecule has 0 atom stereocenters. The number of hydrogen-bond donors (Lipinski definition) is 1. The molecule has 88 valence electrons. The molecule has 0 spiro atoms. The Morgan fingerprint density at radius 2 is 1.88 bits per heavy atom. The molecule has 0 fully saturated rings. The van der Waals surface area contributed by atoms with Gasteiger partial charge in [-0.1, -0.05) is 0 Å². The van der Waals surface area contributed by atoms with Gasteiger partial charge in [-0.15, -0.1) is 0 Å². The van der Waals surface area contributed by atoms with E-state index in [-0.39, 0.29) is 11.3 Å². The summed E-state index contributed by atoms with van der Waals surface area (Å²) in [6, 6.07) is 0. The first-order valence-electron chi connectivity index (χ1n) is 5.75. The summed E-state index contributed by atoms with van der Waals surface area (Å²) >= 11 is 0. The van der Waals surface area contributed by atoms with Crippen molar-refractivity contribution >= 4 is 17.3 Å². The fraction of sp³-hybridized carbons (Fsp3) is 0.385. The van der Waals surface area contributed by atoms with Crippen LogP contribution in [0.4, 0.5) is 0 Å². The highest BCUT2D eigenvalue weighted by Crippen LogP contribution is 2.36. The molecule has 4 heteroatoms. The van der Waals surface area contributed by atoms with Gasteiger partial charge in [-0.05, 0) is 32.3 Å². The van der Waals surface area contributed by atoms with Gasteiger partial charge in [-0.3, -0.25) is 9.59 Å². The van der Waals surface area contributed by atoms with E-state index in [0.717, 1.165) is 30.6 Å². The summed E-state index contributed by atoms with van der Waals surface area (Å²) in [5.74, 6) is -1.09. The van der Waals surface area contributed by atoms with Crippen molar-refractivity contribution in [2.75, 3.05) is 0 Å². The molecule has 0 aromatic carbocycles. The number of Topliss-reactive ketones (excluding diaryl/α,β-unsaturated/α-hetero) is 2. The van der Waals surface area contributed by atoms with E-state index in [1.165, 1.54) is 6.92 Å². The zero-order valence-corrected chi connectivity index (χ0v) is 9.83. The molecule has 1 aromatic heterocycles. The van der Waals surface area contributed by atoms with Gasteiger partial charge in [0.15, 0.2) is 0 Å². The summed E-state index contributed by atoms with van der Waals surface area (Å²) < 4.78 is 1.98. The third-order valence-corrected chi connectivity index (χ3v) is 3.79. The Kier molecular flexibility index (Phi) is 1.88. The topological polar surface area (TPSA) is 59.3 Å². The van der Waals surface area contributed by atoms with Gasteiger partial charge in [0.05, 0.1) is 11.3 Å². The smallest absolute Gasteiger partial charge is 0.235 e. The van der Waals surface area contributed by atoms with Gasteiger partial charge in [0.25, 0.3) is 0 Å². The van der Waals surface area contributed by atoms with Crippen molar-refractivity contribution in [2.45, 2.75) is 33.2 Å². The normalized spacial score (nSPS) is 18.7. The number of aromatic nitrogens is 1. The van der Waals surface area contributed by atoms with Crippen molar-refractivity contribution in [1.29, 1.82) is 0 Å². The lowest BCUT2D eigenvalue weighted by molar-refractivity contribution is -0.111. The Morgan fingerprint density at radius 1 is 1.18 bits per heavy atom. The molecule has 1 aliphatic carbocycles. The predicted molar refractivity (Wildman–Crippen MR) is 62.1 cm³/mol. The maximum absolute atomic E-state index is 12.0. The van der Waals surface area contributed by atoms with E-state index in [1.807, 2.05) is 11.5 Å². The molecular weight excluding hydrogens is 218 g/mol. The van der Waals surface area contributed by atoms with E-state index < -0.39 is 11.6 Å². The largest absolute Gasteiger partial charge is 0.505 e. The lowest BCUT2D eigenvalue weighted by atomic mass is 9.91. The first-order chi connectivity index (χ1) is 8.04. The second-order valence-electron chi connectivity index (χ2n) is 4.68. The second-order valence-corrected chi connectivity index (χ2v) is 4.68.